The summed E-state index contributed by atoms with van der Waals surface area (Å²) in [5.74, 6) is -0.337. The molecule has 6 nitrogen and oxygen atoms in total. The average Bonchev–Trinajstić information content (AvgIpc) is 3.20. The van der Waals surface area contributed by atoms with E-state index in [1.807, 2.05) is 30.3 Å². The van der Waals surface area contributed by atoms with Crippen molar-refractivity contribution in [2.75, 3.05) is 19.6 Å². The number of benzene rings is 1. The van der Waals surface area contributed by atoms with E-state index < -0.39 is 0 Å². The largest absolute Gasteiger partial charge is 0.340 e. The van der Waals surface area contributed by atoms with Gasteiger partial charge in [0.05, 0.1) is 11.8 Å². The molecule has 3 fully saturated rings. The number of nitrogens with two attached hydrogens (primary N) is 1. The molecule has 28 heavy (non-hydrogen) atoms. The highest BCUT2D eigenvalue weighted by molar-refractivity contribution is 6.05. The van der Waals surface area contributed by atoms with Crippen LogP contribution in [0.4, 0.5) is 0 Å². The molecule has 4 rings (SSSR count). The lowest BCUT2D eigenvalue weighted by Gasteiger charge is -2.19. The fraction of sp³-hybridized carbons (Fsp3) is 0.571. The molecule has 7 heteroatoms. The Bertz CT molecular complexity index is 718. The first-order valence-electron chi connectivity index (χ1n) is 10.00. The van der Waals surface area contributed by atoms with E-state index in [1.54, 1.807) is 4.90 Å². The molecule has 0 radical (unpaired) electrons. The van der Waals surface area contributed by atoms with Crippen LogP contribution in [0.3, 0.4) is 0 Å². The number of rotatable bonds is 4. The first-order valence-corrected chi connectivity index (χ1v) is 10.00. The number of hydrogen-bond donors (Lipinski definition) is 1. The van der Waals surface area contributed by atoms with Gasteiger partial charge < -0.3 is 10.6 Å². The summed E-state index contributed by atoms with van der Waals surface area (Å²) in [6.45, 7) is 1.31. The van der Waals surface area contributed by atoms with Gasteiger partial charge in [0.25, 0.3) is 0 Å². The van der Waals surface area contributed by atoms with Crippen LogP contribution in [0.25, 0.3) is 0 Å². The topological polar surface area (TPSA) is 83.7 Å². The fourth-order valence-corrected chi connectivity index (χ4v) is 4.90. The summed E-state index contributed by atoms with van der Waals surface area (Å²) in [5, 5.41) is 0. The molecule has 2 N–H and O–H groups in total. The Hall–Kier alpha value is -1.92. The Balaban J connectivity index is 0.00000225. The maximum Gasteiger partial charge on any atom is 0.233 e. The number of hydrogen-bond acceptors (Lipinski definition) is 4. The molecule has 3 aliphatic rings. The minimum Gasteiger partial charge on any atom is -0.340 e. The van der Waals surface area contributed by atoms with Crippen LogP contribution in [-0.4, -0.2) is 53.2 Å². The van der Waals surface area contributed by atoms with Gasteiger partial charge in [-0.05, 0) is 18.4 Å². The first-order chi connectivity index (χ1) is 13.1. The number of fused-ring (bicyclic) bond motifs is 1. The molecule has 4 atom stereocenters. The summed E-state index contributed by atoms with van der Waals surface area (Å²) in [7, 11) is 0. The second-order valence-electron chi connectivity index (χ2n) is 8.06. The zero-order valence-electron chi connectivity index (χ0n) is 16.0. The van der Waals surface area contributed by atoms with Crippen LogP contribution in [0.5, 0.6) is 0 Å². The van der Waals surface area contributed by atoms with Crippen molar-refractivity contribution in [3.63, 3.8) is 0 Å². The third-order valence-electron chi connectivity index (χ3n) is 6.43. The minimum atomic E-state index is -0.149. The van der Waals surface area contributed by atoms with Gasteiger partial charge in [-0.3, -0.25) is 19.3 Å². The van der Waals surface area contributed by atoms with E-state index in [0.29, 0.717) is 13.1 Å². The SMILES string of the molecule is Cl.N[C@@H]1CN(C(=O)CCN2C(=O)C3CCCCC3C2=O)C[C@H]1c1ccccc1. The second-order valence-corrected chi connectivity index (χ2v) is 8.06. The molecule has 2 aliphatic heterocycles. The Kier molecular flexibility index (Phi) is 6.40. The van der Waals surface area contributed by atoms with Gasteiger partial charge in [-0.2, -0.15) is 0 Å². The lowest BCUT2D eigenvalue weighted by atomic mass is 9.81. The molecule has 3 amide bonds. The highest BCUT2D eigenvalue weighted by atomic mass is 35.5. The molecule has 2 unspecified atom stereocenters. The van der Waals surface area contributed by atoms with Crippen LogP contribution < -0.4 is 5.73 Å². The zero-order valence-corrected chi connectivity index (χ0v) is 16.8. The molecule has 2 heterocycles. The number of likely N-dealkylation sites (tertiary alicyclic amines) is 2. The van der Waals surface area contributed by atoms with E-state index in [2.05, 4.69) is 0 Å². The molecule has 0 bridgehead atoms. The molecular weight excluding hydrogens is 378 g/mol. The Morgan fingerprint density at radius 2 is 1.57 bits per heavy atom. The highest BCUT2D eigenvalue weighted by Gasteiger charge is 2.48. The predicted molar refractivity (Wildman–Crippen MR) is 108 cm³/mol. The van der Waals surface area contributed by atoms with Crippen molar-refractivity contribution in [1.29, 1.82) is 0 Å². The van der Waals surface area contributed by atoms with Gasteiger partial charge in [0.15, 0.2) is 0 Å². The molecule has 2 saturated heterocycles. The van der Waals surface area contributed by atoms with Crippen molar-refractivity contribution in [3.05, 3.63) is 35.9 Å². The second kappa shape index (κ2) is 8.62. The zero-order chi connectivity index (χ0) is 19.0. The lowest BCUT2D eigenvalue weighted by molar-refractivity contribution is -0.140. The lowest BCUT2D eigenvalue weighted by Crippen LogP contribution is -2.37. The van der Waals surface area contributed by atoms with Gasteiger partial charge in [-0.25, -0.2) is 0 Å². The Labute approximate surface area is 171 Å². The molecule has 1 aromatic carbocycles. The van der Waals surface area contributed by atoms with Crippen LogP contribution in [0.2, 0.25) is 0 Å². The van der Waals surface area contributed by atoms with Crippen molar-refractivity contribution in [1.82, 2.24) is 9.80 Å². The van der Waals surface area contributed by atoms with Crippen molar-refractivity contribution in [2.24, 2.45) is 17.6 Å². The maximum atomic E-state index is 12.7. The molecule has 1 aromatic rings. The molecule has 152 valence electrons. The van der Waals surface area contributed by atoms with Crippen molar-refractivity contribution in [2.45, 2.75) is 44.1 Å². The number of nitrogens with zero attached hydrogens (tertiary/aromatic N) is 2. The first kappa shape index (κ1) is 20.8. The summed E-state index contributed by atoms with van der Waals surface area (Å²) in [6.07, 6.45) is 3.82. The van der Waals surface area contributed by atoms with Crippen LogP contribution >= 0.6 is 12.4 Å². The number of carbonyl (C=O) groups is 3. The fourth-order valence-electron chi connectivity index (χ4n) is 4.90. The van der Waals surface area contributed by atoms with E-state index in [1.165, 1.54) is 4.90 Å². The van der Waals surface area contributed by atoms with E-state index in [-0.39, 0.29) is 66.9 Å². The number of halogens is 1. The third kappa shape index (κ3) is 3.80. The van der Waals surface area contributed by atoms with E-state index in [0.717, 1.165) is 31.2 Å². The van der Waals surface area contributed by atoms with Crippen LogP contribution in [0.15, 0.2) is 30.3 Å². The minimum absolute atomic E-state index is 0. The van der Waals surface area contributed by atoms with Crippen LogP contribution in [0.1, 0.15) is 43.6 Å². The number of carbonyl (C=O) groups excluding carboxylic acids is 3. The van der Waals surface area contributed by atoms with E-state index >= 15 is 0 Å². The van der Waals surface area contributed by atoms with Gasteiger partial charge >= 0.3 is 0 Å². The predicted octanol–water partition coefficient (Wildman–Crippen LogP) is 1.93. The van der Waals surface area contributed by atoms with Crippen molar-refractivity contribution >= 4 is 30.1 Å². The number of imide groups is 1. The Morgan fingerprint density at radius 3 is 2.18 bits per heavy atom. The van der Waals surface area contributed by atoms with Gasteiger partial charge in [0.1, 0.15) is 0 Å². The van der Waals surface area contributed by atoms with Gasteiger partial charge in [-0.1, -0.05) is 43.2 Å². The maximum absolute atomic E-state index is 12.7. The van der Waals surface area contributed by atoms with Crippen molar-refractivity contribution in [3.8, 4) is 0 Å². The summed E-state index contributed by atoms with van der Waals surface area (Å²) in [6, 6.07) is 9.93. The summed E-state index contributed by atoms with van der Waals surface area (Å²) in [5.41, 5.74) is 7.42. The molecule has 0 aromatic heterocycles. The standard InChI is InChI=1S/C21H27N3O3.ClH/c22-18-13-23(12-17(18)14-6-2-1-3-7-14)19(25)10-11-24-20(26)15-8-4-5-9-16(15)21(24)27;/h1-3,6-7,15-18H,4-5,8-13,22H2;1H/t15?,16?,17-,18+;/m0./s1. The molecule has 0 spiro atoms. The summed E-state index contributed by atoms with van der Waals surface area (Å²) < 4.78 is 0. The smallest absolute Gasteiger partial charge is 0.233 e. The Morgan fingerprint density at radius 1 is 0.964 bits per heavy atom. The average molecular weight is 406 g/mol. The normalized spacial score (nSPS) is 29.6. The summed E-state index contributed by atoms with van der Waals surface area (Å²) >= 11 is 0. The molecule has 1 saturated carbocycles. The quantitative estimate of drug-likeness (QED) is 0.776. The van der Waals surface area contributed by atoms with Crippen molar-refractivity contribution < 1.29 is 14.4 Å². The van der Waals surface area contributed by atoms with Gasteiger partial charge in [-0.15, -0.1) is 12.4 Å². The summed E-state index contributed by atoms with van der Waals surface area (Å²) in [4.78, 5) is 40.9. The number of amides is 3. The van der Waals surface area contributed by atoms with Crippen LogP contribution in [0, 0.1) is 11.8 Å². The van der Waals surface area contributed by atoms with Gasteiger partial charge in [0.2, 0.25) is 17.7 Å². The van der Waals surface area contributed by atoms with Crippen LogP contribution in [-0.2, 0) is 14.4 Å². The third-order valence-corrected chi connectivity index (χ3v) is 6.43. The van der Waals surface area contributed by atoms with E-state index in [9.17, 15) is 14.4 Å². The molecular formula is C21H28ClN3O3. The highest BCUT2D eigenvalue weighted by Crippen LogP contribution is 2.38. The monoisotopic (exact) mass is 405 g/mol. The molecule has 1 aliphatic carbocycles. The van der Waals surface area contributed by atoms with E-state index in [4.69, 9.17) is 5.73 Å². The van der Waals surface area contributed by atoms with Gasteiger partial charge in [0, 0.05) is 38.0 Å².